The molecule has 0 spiro atoms. The molecule has 1 aromatic carbocycles. The summed E-state index contributed by atoms with van der Waals surface area (Å²) < 4.78 is 13.2. The molecule has 4 rings (SSSR count). The predicted octanol–water partition coefficient (Wildman–Crippen LogP) is 4.06. The average Bonchev–Trinajstić information content (AvgIpc) is 3.08. The predicted molar refractivity (Wildman–Crippen MR) is 116 cm³/mol. The van der Waals surface area contributed by atoms with E-state index in [0.29, 0.717) is 38.4 Å². The van der Waals surface area contributed by atoms with Crippen molar-refractivity contribution in [2.45, 2.75) is 45.7 Å². The third-order valence-electron chi connectivity index (χ3n) is 6.16. The van der Waals surface area contributed by atoms with Crippen LogP contribution in [0.25, 0.3) is 16.5 Å². The fourth-order valence-corrected chi connectivity index (χ4v) is 4.74. The topological polar surface area (TPSA) is 43.7 Å². The number of carbonyl (C=O) groups is 1. The normalized spacial score (nSPS) is 21.3. The molecule has 5 nitrogen and oxygen atoms in total. The van der Waals surface area contributed by atoms with E-state index in [0.717, 1.165) is 12.8 Å². The lowest BCUT2D eigenvalue weighted by Gasteiger charge is -2.39. The molecule has 2 aromatic rings. The molecule has 2 heterocycles. The number of nitrogens with zero attached hydrogens (tertiary/aromatic N) is 2. The van der Waals surface area contributed by atoms with E-state index in [4.69, 9.17) is 9.47 Å². The highest BCUT2D eigenvalue weighted by Gasteiger charge is 2.36. The van der Waals surface area contributed by atoms with Crippen molar-refractivity contribution < 1.29 is 14.3 Å². The zero-order valence-corrected chi connectivity index (χ0v) is 18.0. The Morgan fingerprint density at radius 2 is 2.10 bits per heavy atom. The molecule has 1 aliphatic carbocycles. The van der Waals surface area contributed by atoms with Gasteiger partial charge >= 0.3 is 5.97 Å². The van der Waals surface area contributed by atoms with Gasteiger partial charge in [-0.3, -0.25) is 9.69 Å². The van der Waals surface area contributed by atoms with E-state index in [-0.39, 0.29) is 11.9 Å². The number of fused-ring (bicyclic) bond motifs is 2. The van der Waals surface area contributed by atoms with Gasteiger partial charge in [0.1, 0.15) is 0 Å². The maximum absolute atomic E-state index is 12.7. The highest BCUT2D eigenvalue weighted by atomic mass is 16.5. The molecule has 0 bridgehead atoms. The van der Waals surface area contributed by atoms with Crippen LogP contribution in [0.1, 0.15) is 44.4 Å². The Hall–Kier alpha value is -2.11. The molecule has 2 aliphatic rings. The van der Waals surface area contributed by atoms with E-state index in [9.17, 15) is 4.79 Å². The van der Waals surface area contributed by atoms with Crippen molar-refractivity contribution in [3.63, 3.8) is 0 Å². The summed E-state index contributed by atoms with van der Waals surface area (Å²) in [7, 11) is 2.12. The molecule has 0 saturated carbocycles. The Balaban J connectivity index is 1.62. The van der Waals surface area contributed by atoms with Gasteiger partial charge in [0.15, 0.2) is 0 Å². The minimum Gasteiger partial charge on any atom is -0.465 e. The van der Waals surface area contributed by atoms with Gasteiger partial charge in [-0.1, -0.05) is 18.2 Å². The van der Waals surface area contributed by atoms with Crippen molar-refractivity contribution in [2.75, 3.05) is 33.4 Å². The van der Waals surface area contributed by atoms with Crippen molar-refractivity contribution in [2.24, 2.45) is 5.92 Å². The molecule has 0 saturated heterocycles. The van der Waals surface area contributed by atoms with Crippen LogP contribution in [0.5, 0.6) is 0 Å². The van der Waals surface area contributed by atoms with Crippen molar-refractivity contribution in [3.05, 3.63) is 41.6 Å². The van der Waals surface area contributed by atoms with E-state index in [1.54, 1.807) is 0 Å². The summed E-state index contributed by atoms with van der Waals surface area (Å²) in [5, 5.41) is 1.35. The van der Waals surface area contributed by atoms with Crippen LogP contribution in [0, 0.1) is 5.92 Å². The Morgan fingerprint density at radius 3 is 2.86 bits per heavy atom. The molecule has 0 N–H and O–H groups in total. The number of carbonyl (C=O) groups excluding carboxylic acids is 1. The number of rotatable bonds is 7. The lowest BCUT2D eigenvalue weighted by molar-refractivity contribution is -0.148. The number of esters is 1. The van der Waals surface area contributed by atoms with Gasteiger partial charge in [0.25, 0.3) is 0 Å². The summed E-state index contributed by atoms with van der Waals surface area (Å²) in [6.45, 7) is 8.87. The summed E-state index contributed by atoms with van der Waals surface area (Å²) >= 11 is 0. The zero-order chi connectivity index (χ0) is 20.5. The molecule has 0 amide bonds. The Morgan fingerprint density at radius 1 is 1.28 bits per heavy atom. The van der Waals surface area contributed by atoms with Gasteiger partial charge in [0, 0.05) is 55.4 Å². The third-order valence-corrected chi connectivity index (χ3v) is 6.16. The highest BCUT2D eigenvalue weighted by molar-refractivity contribution is 5.99. The average molecular weight is 397 g/mol. The second-order valence-electron chi connectivity index (χ2n) is 8.46. The molecule has 1 aromatic heterocycles. The number of hydrogen-bond acceptors (Lipinski definition) is 4. The van der Waals surface area contributed by atoms with Crippen LogP contribution >= 0.6 is 0 Å². The summed E-state index contributed by atoms with van der Waals surface area (Å²) in [5.74, 6) is -0.348. The summed E-state index contributed by atoms with van der Waals surface area (Å²) in [6, 6.07) is 7.29. The Labute approximate surface area is 173 Å². The van der Waals surface area contributed by atoms with Crippen molar-refractivity contribution >= 4 is 22.4 Å². The van der Waals surface area contributed by atoms with Gasteiger partial charge in [-0.15, -0.1) is 0 Å². The quantitative estimate of drug-likeness (QED) is 0.523. The molecular weight excluding hydrogens is 364 g/mol. The number of ether oxygens (including phenoxy) is 2. The lowest BCUT2D eigenvalue weighted by Crippen LogP contribution is -2.44. The third kappa shape index (κ3) is 3.74. The molecule has 2 atom stereocenters. The maximum atomic E-state index is 12.7. The first-order chi connectivity index (χ1) is 14.0. The summed E-state index contributed by atoms with van der Waals surface area (Å²) in [5.41, 5.74) is 5.24. The molecule has 0 radical (unpaired) electrons. The van der Waals surface area contributed by atoms with Crippen LogP contribution in [0.3, 0.4) is 0 Å². The van der Waals surface area contributed by atoms with E-state index in [1.807, 2.05) is 6.92 Å². The standard InChI is InChI=1S/C24H32N2O3/c1-5-28-10-7-11-29-24(27)18-12-20-19-8-6-9-21-23(19)17(15-26(21)16(2)3)13-22(20)25(4)14-18/h6,8-9,12,15-16,18,22H,5,7,10-11,13-14H2,1-4H3/t18-,22-/m1/s1. The number of hydrogen-bond donors (Lipinski definition) is 0. The van der Waals surface area contributed by atoms with Crippen molar-refractivity contribution in [1.29, 1.82) is 0 Å². The van der Waals surface area contributed by atoms with Crippen LogP contribution in [-0.4, -0.2) is 54.9 Å². The second-order valence-corrected chi connectivity index (χ2v) is 8.46. The fraction of sp³-hybridized carbons (Fsp3) is 0.542. The summed E-state index contributed by atoms with van der Waals surface area (Å²) in [4.78, 5) is 15.0. The first-order valence-electron chi connectivity index (χ1n) is 10.8. The Kier molecular flexibility index (Phi) is 5.79. The van der Waals surface area contributed by atoms with Gasteiger partial charge in [-0.05, 0) is 57.0 Å². The zero-order valence-electron chi connectivity index (χ0n) is 18.0. The molecular formula is C24H32N2O3. The molecule has 0 unspecified atom stereocenters. The van der Waals surface area contributed by atoms with E-state index < -0.39 is 0 Å². The maximum Gasteiger partial charge on any atom is 0.314 e. The molecule has 5 heteroatoms. The first-order valence-corrected chi connectivity index (χ1v) is 10.8. The second kappa shape index (κ2) is 8.33. The molecule has 29 heavy (non-hydrogen) atoms. The monoisotopic (exact) mass is 396 g/mol. The van der Waals surface area contributed by atoms with E-state index in [2.05, 4.69) is 60.8 Å². The minimum atomic E-state index is -0.220. The van der Waals surface area contributed by atoms with Gasteiger partial charge in [-0.2, -0.15) is 0 Å². The van der Waals surface area contributed by atoms with Gasteiger partial charge in [0.05, 0.1) is 12.5 Å². The van der Waals surface area contributed by atoms with Gasteiger partial charge in [-0.25, -0.2) is 0 Å². The molecule has 0 fully saturated rings. The van der Waals surface area contributed by atoms with Crippen molar-refractivity contribution in [1.82, 2.24) is 9.47 Å². The smallest absolute Gasteiger partial charge is 0.314 e. The number of aromatic nitrogens is 1. The number of benzene rings is 1. The highest BCUT2D eigenvalue weighted by Crippen LogP contribution is 2.42. The summed E-state index contributed by atoms with van der Waals surface area (Å²) in [6.07, 6.45) is 6.22. The van der Waals surface area contributed by atoms with Crippen LogP contribution < -0.4 is 0 Å². The SMILES string of the molecule is CCOCCCOC(=O)[C@@H]1C=C2c3cccc4c3c(cn4C(C)C)C[C@H]2N(C)C1. The van der Waals surface area contributed by atoms with Crippen LogP contribution in [0.2, 0.25) is 0 Å². The van der Waals surface area contributed by atoms with Crippen LogP contribution in [0.15, 0.2) is 30.5 Å². The minimum absolute atomic E-state index is 0.128. The number of likely N-dealkylation sites (N-methyl/N-ethyl adjacent to an activating group) is 1. The van der Waals surface area contributed by atoms with Crippen LogP contribution in [-0.2, 0) is 20.7 Å². The van der Waals surface area contributed by atoms with Gasteiger partial charge in [0.2, 0.25) is 0 Å². The Bertz CT molecular complexity index is 928. The molecule has 156 valence electrons. The van der Waals surface area contributed by atoms with Gasteiger partial charge < -0.3 is 14.0 Å². The lowest BCUT2D eigenvalue weighted by atomic mass is 9.80. The van der Waals surface area contributed by atoms with E-state index >= 15 is 0 Å². The molecule has 1 aliphatic heterocycles. The largest absolute Gasteiger partial charge is 0.465 e. The van der Waals surface area contributed by atoms with Crippen LogP contribution in [0.4, 0.5) is 0 Å². The van der Waals surface area contributed by atoms with E-state index in [1.165, 1.54) is 27.6 Å². The first kappa shape index (κ1) is 20.2. The van der Waals surface area contributed by atoms with Crippen molar-refractivity contribution in [3.8, 4) is 0 Å². The fourth-order valence-electron chi connectivity index (χ4n) is 4.74.